The van der Waals surface area contributed by atoms with Gasteiger partial charge in [-0.15, -0.1) is 0 Å². The highest BCUT2D eigenvalue weighted by atomic mass is 19.4. The van der Waals surface area contributed by atoms with E-state index in [-0.39, 0.29) is 56.6 Å². The van der Waals surface area contributed by atoms with Crippen LogP contribution in [0.2, 0.25) is 0 Å². The number of halogens is 6. The fraction of sp³-hybridized carbons (Fsp3) is 0.115. The van der Waals surface area contributed by atoms with E-state index in [0.717, 1.165) is 89.9 Å². The van der Waals surface area contributed by atoms with Crippen LogP contribution in [0.1, 0.15) is 41.7 Å². The Bertz CT molecular complexity index is 3280. The SMILES string of the molecule is CC(c1ccc(N)cc1)(c1ccc(N)cc1)C(F)(F)F.CC(c1ccc(O)c(N)c1)(c1ccc(O)c(N)c1)C(F)(F)F.Cc1ccc(N)cc1.Nc1ccc(-c2ccc(N)c(O)c2)cc1O.Nc1ccc(Oc2ccc(N)cc2)cc1. The Morgan fingerprint density at radius 1 is 0.309 bits per heavy atom. The quantitative estimate of drug-likeness (QED) is 0.0401. The summed E-state index contributed by atoms with van der Waals surface area (Å²) in [5.74, 6) is 0.975. The number of rotatable bonds is 7. The maximum atomic E-state index is 13.7. The lowest BCUT2D eigenvalue weighted by atomic mass is 9.75. The first-order chi connectivity index (χ1) is 37.9. The number of nitrogens with two attached hydrogens (primary N) is 9. The summed E-state index contributed by atoms with van der Waals surface area (Å²) in [4.78, 5) is 0. The van der Waals surface area contributed by atoms with E-state index in [4.69, 9.17) is 56.3 Å². The maximum Gasteiger partial charge on any atom is 0.402 e. The molecule has 0 aliphatic rings. The normalized spacial score (nSPS) is 11.2. The van der Waals surface area contributed by atoms with Gasteiger partial charge >= 0.3 is 12.4 Å². The monoisotopic (exact) mass is 1120 g/mol. The molecule has 0 radical (unpaired) electrons. The smallest absolute Gasteiger partial charge is 0.402 e. The highest BCUT2D eigenvalue weighted by Gasteiger charge is 2.54. The van der Waals surface area contributed by atoms with Crippen LogP contribution < -0.4 is 56.3 Å². The van der Waals surface area contributed by atoms with Crippen molar-refractivity contribution in [2.24, 2.45) is 0 Å². The first kappa shape index (κ1) is 61.6. The Labute approximate surface area is 464 Å². The fourth-order valence-corrected chi connectivity index (χ4v) is 7.57. The van der Waals surface area contributed by atoms with Crippen molar-refractivity contribution in [1.29, 1.82) is 0 Å². The van der Waals surface area contributed by atoms with Crippen molar-refractivity contribution in [2.75, 3.05) is 51.6 Å². The summed E-state index contributed by atoms with van der Waals surface area (Å²) in [6.07, 6.45) is -9.07. The number of hydrogen-bond donors (Lipinski definition) is 13. The van der Waals surface area contributed by atoms with Crippen molar-refractivity contribution >= 4 is 51.2 Å². The molecule has 0 saturated heterocycles. The molecule has 0 aromatic heterocycles. The van der Waals surface area contributed by atoms with E-state index < -0.39 is 23.2 Å². The highest BCUT2D eigenvalue weighted by molar-refractivity contribution is 5.73. The minimum Gasteiger partial charge on any atom is -0.506 e. The fourth-order valence-electron chi connectivity index (χ4n) is 7.57. The van der Waals surface area contributed by atoms with Crippen molar-refractivity contribution in [3.63, 3.8) is 0 Å². The van der Waals surface area contributed by atoms with Gasteiger partial charge in [-0.05, 0) is 188 Å². The van der Waals surface area contributed by atoms with Crippen molar-refractivity contribution < 1.29 is 51.5 Å². The lowest BCUT2D eigenvalue weighted by Crippen LogP contribution is -2.40. The summed E-state index contributed by atoms with van der Waals surface area (Å²) in [7, 11) is 0. The molecular formula is C61H63F6N9O5. The Morgan fingerprint density at radius 3 is 0.852 bits per heavy atom. The molecular weight excluding hydrogens is 1050 g/mol. The number of anilines is 9. The first-order valence-electron chi connectivity index (χ1n) is 24.3. The summed E-state index contributed by atoms with van der Waals surface area (Å²) < 4.78 is 87.6. The Hall–Kier alpha value is -10.2. The molecule has 0 fully saturated rings. The molecule has 0 heterocycles. The molecule has 22 N–H and O–H groups in total. The topological polar surface area (TPSA) is 324 Å². The third kappa shape index (κ3) is 15.9. The zero-order valence-corrected chi connectivity index (χ0v) is 44.1. The number of phenolic OH excluding ortho intramolecular Hbond substituents is 4. The van der Waals surface area contributed by atoms with Gasteiger partial charge < -0.3 is 76.8 Å². The summed E-state index contributed by atoms with van der Waals surface area (Å²) in [5, 5.41) is 37.8. The number of aryl methyl sites for hydroxylation is 1. The highest BCUT2D eigenvalue weighted by Crippen LogP contribution is 2.49. The zero-order valence-electron chi connectivity index (χ0n) is 44.1. The summed E-state index contributed by atoms with van der Waals surface area (Å²) in [5.41, 5.74) is 51.4. The van der Waals surface area contributed by atoms with Gasteiger partial charge in [0.15, 0.2) is 0 Å². The van der Waals surface area contributed by atoms with E-state index in [9.17, 15) is 46.8 Å². The van der Waals surface area contributed by atoms with Crippen molar-refractivity contribution in [3.05, 3.63) is 222 Å². The molecule has 424 valence electrons. The molecule has 0 spiro atoms. The zero-order chi connectivity index (χ0) is 60.0. The van der Waals surface area contributed by atoms with Crippen LogP contribution in [-0.4, -0.2) is 32.8 Å². The number of aromatic hydroxyl groups is 4. The largest absolute Gasteiger partial charge is 0.506 e. The maximum absolute atomic E-state index is 13.7. The average molecular weight is 1120 g/mol. The van der Waals surface area contributed by atoms with Crippen LogP contribution in [0.15, 0.2) is 194 Å². The van der Waals surface area contributed by atoms with Gasteiger partial charge in [0.1, 0.15) is 45.3 Å². The Balaban J connectivity index is 0.000000191. The predicted octanol–water partition coefficient (Wildman–Crippen LogP) is 13.0. The number of ether oxygens (including phenoxy) is 1. The minimum atomic E-state index is -4.64. The number of hydrogen-bond acceptors (Lipinski definition) is 14. The number of alkyl halides is 6. The molecule has 9 aromatic carbocycles. The molecule has 14 nitrogen and oxygen atoms in total. The molecule has 0 unspecified atom stereocenters. The van der Waals surface area contributed by atoms with Crippen LogP contribution in [0.5, 0.6) is 34.5 Å². The number of benzene rings is 9. The third-order valence-electron chi connectivity index (χ3n) is 12.8. The van der Waals surface area contributed by atoms with Crippen LogP contribution in [0.4, 0.5) is 77.5 Å². The number of phenols is 4. The van der Waals surface area contributed by atoms with Crippen LogP contribution in [0, 0.1) is 6.92 Å². The van der Waals surface area contributed by atoms with Crippen LogP contribution in [0.3, 0.4) is 0 Å². The van der Waals surface area contributed by atoms with Crippen molar-refractivity contribution in [1.82, 2.24) is 0 Å². The van der Waals surface area contributed by atoms with Gasteiger partial charge in [0.2, 0.25) is 0 Å². The van der Waals surface area contributed by atoms with E-state index in [1.165, 1.54) is 54.1 Å². The van der Waals surface area contributed by atoms with E-state index in [1.807, 2.05) is 55.5 Å². The molecule has 0 bridgehead atoms. The van der Waals surface area contributed by atoms with Crippen LogP contribution >= 0.6 is 0 Å². The second-order valence-electron chi connectivity index (χ2n) is 18.7. The first-order valence-corrected chi connectivity index (χ1v) is 24.3. The minimum absolute atomic E-state index is 0.0221. The van der Waals surface area contributed by atoms with Gasteiger partial charge in [-0.3, -0.25) is 0 Å². The average Bonchev–Trinajstić information content (AvgIpc) is 3.42. The predicted molar refractivity (Wildman–Crippen MR) is 313 cm³/mol. The standard InChI is InChI=1S/C15H15F3N2O2.C15H15F3N2.C12H12N2O2.C12H12N2O.C7H9N/c1-14(15(16,17)18,8-2-4-12(21)10(19)6-8)9-3-5-13(22)11(20)7-9;1-14(15(16,17)18,10-2-6-12(19)7-3-10)11-4-8-13(20)9-5-11;13-9-3-1-7(5-11(9)15)8-2-4-10(14)12(16)6-8;13-9-1-5-11(6-2-9)15-12-7-3-10(14)4-8-12;1-6-2-4-7(8)5-3-6/h2-7,21-22H,19-20H2,1H3;2-9H,19-20H2,1H3;1-6,15-16H,13-14H2;1-8H,13-14H2;2-5H,8H2,1H3. The summed E-state index contributed by atoms with van der Waals surface area (Å²) >= 11 is 0. The van der Waals surface area contributed by atoms with E-state index >= 15 is 0 Å². The lowest BCUT2D eigenvalue weighted by Gasteiger charge is -2.33. The van der Waals surface area contributed by atoms with Gasteiger partial charge in [-0.1, -0.05) is 66.2 Å². The van der Waals surface area contributed by atoms with Gasteiger partial charge in [-0.2, -0.15) is 26.3 Å². The molecule has 9 aromatic rings. The van der Waals surface area contributed by atoms with E-state index in [2.05, 4.69) is 0 Å². The third-order valence-corrected chi connectivity index (χ3v) is 12.8. The second-order valence-corrected chi connectivity index (χ2v) is 18.7. The summed E-state index contributed by atoms with van der Waals surface area (Å²) in [6.45, 7) is 4.19. The lowest BCUT2D eigenvalue weighted by molar-refractivity contribution is -0.173. The molecule has 0 aliphatic heterocycles. The Kier molecular flexibility index (Phi) is 19.7. The molecule has 0 saturated carbocycles. The van der Waals surface area contributed by atoms with Gasteiger partial charge in [0, 0.05) is 28.4 Å². The molecule has 81 heavy (non-hydrogen) atoms. The van der Waals surface area contributed by atoms with Gasteiger partial charge in [0.05, 0.1) is 22.7 Å². The van der Waals surface area contributed by atoms with E-state index in [1.54, 1.807) is 60.7 Å². The van der Waals surface area contributed by atoms with Crippen LogP contribution in [0.25, 0.3) is 11.1 Å². The molecule has 0 amide bonds. The van der Waals surface area contributed by atoms with Crippen molar-refractivity contribution in [2.45, 2.75) is 44.0 Å². The molecule has 9 rings (SSSR count). The number of nitrogen functional groups attached to an aromatic ring is 9. The Morgan fingerprint density at radius 2 is 0.580 bits per heavy atom. The van der Waals surface area contributed by atoms with Gasteiger partial charge in [-0.25, -0.2) is 0 Å². The second kappa shape index (κ2) is 25.9. The molecule has 0 aliphatic carbocycles. The summed E-state index contributed by atoms with van der Waals surface area (Å²) in [6, 6.07) is 50.3. The van der Waals surface area contributed by atoms with Crippen molar-refractivity contribution in [3.8, 4) is 45.6 Å². The van der Waals surface area contributed by atoms with Crippen LogP contribution in [-0.2, 0) is 10.8 Å². The molecule has 0 atom stereocenters. The van der Waals surface area contributed by atoms with E-state index in [0.29, 0.717) is 22.7 Å². The molecule has 20 heteroatoms. The van der Waals surface area contributed by atoms with Gasteiger partial charge in [0.25, 0.3) is 0 Å².